The number of nitrogens with zero attached hydrogens (tertiary/aromatic N) is 1. The molecule has 0 spiro atoms. The molecule has 262 valence electrons. The van der Waals surface area contributed by atoms with Crippen molar-refractivity contribution in [3.8, 4) is 0 Å². The quantitative estimate of drug-likeness (QED) is 0.0507. The smallest absolute Gasteiger partial charge is 0.0593 e. The van der Waals surface area contributed by atoms with Crippen molar-refractivity contribution in [2.24, 2.45) is 0 Å². The Kier molecular flexibility index (Phi) is 39.8. The lowest BCUT2D eigenvalue weighted by Crippen LogP contribution is -2.27. The van der Waals surface area contributed by atoms with Gasteiger partial charge in [-0.3, -0.25) is 0 Å². The van der Waals surface area contributed by atoms with E-state index in [-0.39, 0.29) is 0 Å². The van der Waals surface area contributed by atoms with E-state index in [2.05, 4.69) is 50.1 Å². The van der Waals surface area contributed by atoms with Gasteiger partial charge < -0.3 is 14.4 Å². The SMILES string of the molecule is CCCCCCCC/C=C\CCCCCCCCOCCN(C)CCOCCCCCCCC/C=C\CCCCCCCC. The van der Waals surface area contributed by atoms with E-state index in [1.807, 2.05) is 0 Å². The third-order valence-corrected chi connectivity index (χ3v) is 8.84. The average molecular weight is 620 g/mol. The van der Waals surface area contributed by atoms with Gasteiger partial charge in [0, 0.05) is 26.3 Å². The summed E-state index contributed by atoms with van der Waals surface area (Å²) in [6, 6.07) is 0. The Morgan fingerprint density at radius 1 is 0.341 bits per heavy atom. The molecule has 0 heterocycles. The zero-order chi connectivity index (χ0) is 31.9. The van der Waals surface area contributed by atoms with Crippen LogP contribution >= 0.6 is 0 Å². The van der Waals surface area contributed by atoms with Crippen molar-refractivity contribution < 1.29 is 9.47 Å². The maximum absolute atomic E-state index is 5.87. The summed E-state index contributed by atoms with van der Waals surface area (Å²) in [5, 5.41) is 0. The van der Waals surface area contributed by atoms with Crippen LogP contribution in [0.4, 0.5) is 0 Å². The Morgan fingerprint density at radius 3 is 0.932 bits per heavy atom. The minimum atomic E-state index is 0.844. The summed E-state index contributed by atoms with van der Waals surface area (Å²) < 4.78 is 11.7. The predicted octanol–water partition coefficient (Wildman–Crippen LogP) is 13.0. The van der Waals surface area contributed by atoms with Crippen molar-refractivity contribution in [2.75, 3.05) is 46.6 Å². The Morgan fingerprint density at radius 2 is 0.614 bits per heavy atom. The summed E-state index contributed by atoms with van der Waals surface area (Å²) in [5.41, 5.74) is 0. The number of ether oxygens (including phenoxy) is 2. The fourth-order valence-electron chi connectivity index (χ4n) is 5.66. The number of allylic oxidation sites excluding steroid dienone is 4. The number of hydrogen-bond donors (Lipinski definition) is 0. The molecule has 0 aromatic heterocycles. The van der Waals surface area contributed by atoms with Crippen LogP contribution in [0.3, 0.4) is 0 Å². The normalized spacial score (nSPS) is 12.1. The lowest BCUT2D eigenvalue weighted by atomic mass is 10.1. The monoisotopic (exact) mass is 620 g/mol. The molecule has 0 aromatic carbocycles. The zero-order valence-electron chi connectivity index (χ0n) is 30.6. The van der Waals surface area contributed by atoms with E-state index in [0.29, 0.717) is 0 Å². The highest BCUT2D eigenvalue weighted by molar-refractivity contribution is 4.82. The van der Waals surface area contributed by atoms with Crippen LogP contribution in [0.1, 0.15) is 194 Å². The van der Waals surface area contributed by atoms with Crippen LogP contribution in [0.15, 0.2) is 24.3 Å². The fraction of sp³-hybridized carbons (Fsp3) is 0.902. The molecule has 0 fully saturated rings. The Balaban J connectivity index is 3.20. The molecule has 0 saturated heterocycles. The Labute approximate surface area is 278 Å². The molecule has 0 amide bonds. The lowest BCUT2D eigenvalue weighted by Gasteiger charge is -2.16. The van der Waals surface area contributed by atoms with Gasteiger partial charge >= 0.3 is 0 Å². The summed E-state index contributed by atoms with van der Waals surface area (Å²) in [4.78, 5) is 2.34. The Hall–Kier alpha value is -0.640. The van der Waals surface area contributed by atoms with Crippen LogP contribution in [-0.4, -0.2) is 51.5 Å². The second-order valence-corrected chi connectivity index (χ2v) is 13.4. The van der Waals surface area contributed by atoms with Gasteiger partial charge in [-0.2, -0.15) is 0 Å². The predicted molar refractivity (Wildman–Crippen MR) is 198 cm³/mol. The van der Waals surface area contributed by atoms with Crippen LogP contribution in [0.2, 0.25) is 0 Å². The van der Waals surface area contributed by atoms with Crippen molar-refractivity contribution in [1.29, 1.82) is 0 Å². The zero-order valence-corrected chi connectivity index (χ0v) is 30.6. The van der Waals surface area contributed by atoms with E-state index >= 15 is 0 Å². The third-order valence-electron chi connectivity index (χ3n) is 8.84. The van der Waals surface area contributed by atoms with Crippen LogP contribution < -0.4 is 0 Å². The topological polar surface area (TPSA) is 21.7 Å². The highest BCUT2D eigenvalue weighted by atomic mass is 16.5. The molecule has 0 saturated carbocycles. The molecular weight excluding hydrogens is 538 g/mol. The van der Waals surface area contributed by atoms with Crippen molar-refractivity contribution in [3.05, 3.63) is 24.3 Å². The number of unbranched alkanes of at least 4 members (excludes halogenated alkanes) is 24. The first-order chi connectivity index (χ1) is 21.8. The van der Waals surface area contributed by atoms with Gasteiger partial charge in [0.1, 0.15) is 0 Å². The van der Waals surface area contributed by atoms with E-state index in [0.717, 1.165) is 39.5 Å². The molecule has 0 aromatic rings. The first-order valence-corrected chi connectivity index (χ1v) is 19.9. The van der Waals surface area contributed by atoms with Gasteiger partial charge in [0.05, 0.1) is 13.2 Å². The molecule has 3 nitrogen and oxygen atoms in total. The maximum Gasteiger partial charge on any atom is 0.0593 e. The van der Waals surface area contributed by atoms with Gasteiger partial charge in [-0.1, -0.05) is 154 Å². The molecule has 0 rings (SSSR count). The molecule has 0 bridgehead atoms. The highest BCUT2D eigenvalue weighted by Crippen LogP contribution is 2.11. The van der Waals surface area contributed by atoms with E-state index in [4.69, 9.17) is 9.47 Å². The van der Waals surface area contributed by atoms with Gasteiger partial charge in [0.25, 0.3) is 0 Å². The van der Waals surface area contributed by atoms with Crippen molar-refractivity contribution >= 4 is 0 Å². The molecule has 0 radical (unpaired) electrons. The molecule has 0 aliphatic carbocycles. The molecule has 0 N–H and O–H groups in total. The molecule has 3 heteroatoms. The summed E-state index contributed by atoms with van der Waals surface area (Å²) >= 11 is 0. The van der Waals surface area contributed by atoms with Crippen LogP contribution in [-0.2, 0) is 9.47 Å². The molecular formula is C41H81NO2. The molecule has 0 aliphatic heterocycles. The molecule has 0 aliphatic rings. The van der Waals surface area contributed by atoms with Gasteiger partial charge in [0.15, 0.2) is 0 Å². The van der Waals surface area contributed by atoms with Crippen LogP contribution in [0.25, 0.3) is 0 Å². The standard InChI is InChI=1S/C41H81NO2/c1-4-6-8-10-12-14-16-18-20-22-24-26-28-30-32-34-38-43-40-36-42(3)37-41-44-39-35-33-31-29-27-25-23-21-19-17-15-13-11-9-7-5-2/h18-21H,4-17,22-41H2,1-3H3/b20-18-,21-19-. The highest BCUT2D eigenvalue weighted by Gasteiger charge is 1.99. The molecule has 44 heavy (non-hydrogen) atoms. The minimum Gasteiger partial charge on any atom is -0.380 e. The second-order valence-electron chi connectivity index (χ2n) is 13.4. The molecule has 0 unspecified atom stereocenters. The number of rotatable bonds is 38. The van der Waals surface area contributed by atoms with E-state index < -0.39 is 0 Å². The number of likely N-dealkylation sites (N-methyl/N-ethyl adjacent to an activating group) is 1. The van der Waals surface area contributed by atoms with Crippen molar-refractivity contribution in [1.82, 2.24) is 4.90 Å². The van der Waals surface area contributed by atoms with E-state index in [1.165, 1.54) is 180 Å². The summed E-state index contributed by atoms with van der Waals surface area (Å²) in [6.07, 6.45) is 47.6. The average Bonchev–Trinajstić information content (AvgIpc) is 3.03. The van der Waals surface area contributed by atoms with Gasteiger partial charge in [-0.05, 0) is 71.3 Å². The largest absolute Gasteiger partial charge is 0.380 e. The second kappa shape index (κ2) is 40.4. The van der Waals surface area contributed by atoms with Crippen LogP contribution in [0.5, 0.6) is 0 Å². The summed E-state index contributed by atoms with van der Waals surface area (Å²) in [7, 11) is 2.18. The first-order valence-electron chi connectivity index (χ1n) is 19.9. The fourth-order valence-corrected chi connectivity index (χ4v) is 5.66. The third kappa shape index (κ3) is 39.4. The van der Waals surface area contributed by atoms with E-state index in [1.54, 1.807) is 0 Å². The maximum atomic E-state index is 5.87. The first kappa shape index (κ1) is 43.4. The van der Waals surface area contributed by atoms with Crippen molar-refractivity contribution in [3.63, 3.8) is 0 Å². The van der Waals surface area contributed by atoms with Gasteiger partial charge in [0.2, 0.25) is 0 Å². The van der Waals surface area contributed by atoms with Crippen LogP contribution in [0, 0.1) is 0 Å². The summed E-state index contributed by atoms with van der Waals surface area (Å²) in [6.45, 7) is 10.1. The minimum absolute atomic E-state index is 0.844. The van der Waals surface area contributed by atoms with Gasteiger partial charge in [-0.15, -0.1) is 0 Å². The lowest BCUT2D eigenvalue weighted by molar-refractivity contribution is 0.0814. The number of hydrogen-bond acceptors (Lipinski definition) is 3. The van der Waals surface area contributed by atoms with Gasteiger partial charge in [-0.25, -0.2) is 0 Å². The van der Waals surface area contributed by atoms with Crippen molar-refractivity contribution in [2.45, 2.75) is 194 Å². The molecule has 0 atom stereocenters. The summed E-state index contributed by atoms with van der Waals surface area (Å²) in [5.74, 6) is 0. The Bertz CT molecular complexity index is 513. The van der Waals surface area contributed by atoms with E-state index in [9.17, 15) is 0 Å².